The molecule has 2 unspecified atom stereocenters. The van der Waals surface area contributed by atoms with Gasteiger partial charge in [-0.1, -0.05) is 5.16 Å². The van der Waals surface area contributed by atoms with E-state index < -0.39 is 30.7 Å². The zero-order chi connectivity index (χ0) is 16.3. The Morgan fingerprint density at radius 1 is 1.59 bits per heavy atom. The molecule has 0 spiro atoms. The third-order valence-corrected chi connectivity index (χ3v) is 3.54. The average Bonchev–Trinajstić information content (AvgIpc) is 2.98. The van der Waals surface area contributed by atoms with Crippen molar-refractivity contribution in [1.29, 1.82) is 0 Å². The van der Waals surface area contributed by atoms with Gasteiger partial charge in [-0.3, -0.25) is 9.69 Å². The molecule has 0 aliphatic carbocycles. The first-order chi connectivity index (χ1) is 10.3. The lowest BCUT2D eigenvalue weighted by Crippen LogP contribution is -2.52. The number of aromatic nitrogens is 2. The summed E-state index contributed by atoms with van der Waals surface area (Å²) >= 11 is 0. The van der Waals surface area contributed by atoms with Crippen molar-refractivity contribution in [3.8, 4) is 0 Å². The molecule has 1 aromatic heterocycles. The number of alkyl halides is 3. The summed E-state index contributed by atoms with van der Waals surface area (Å²) in [4.78, 5) is 18.8. The van der Waals surface area contributed by atoms with Gasteiger partial charge in [0.15, 0.2) is 5.82 Å². The third-order valence-electron chi connectivity index (χ3n) is 3.54. The van der Waals surface area contributed by atoms with E-state index in [4.69, 9.17) is 4.74 Å². The predicted molar refractivity (Wildman–Crippen MR) is 67.7 cm³/mol. The zero-order valence-electron chi connectivity index (χ0n) is 12.2. The maximum Gasteiger partial charge on any atom is 0.401 e. The van der Waals surface area contributed by atoms with Gasteiger partial charge in [0.05, 0.1) is 25.8 Å². The first-order valence-corrected chi connectivity index (χ1v) is 6.71. The second-order valence-electron chi connectivity index (χ2n) is 5.12. The summed E-state index contributed by atoms with van der Waals surface area (Å²) in [6.07, 6.45) is -3.23. The van der Waals surface area contributed by atoms with Crippen molar-refractivity contribution in [2.45, 2.75) is 25.2 Å². The van der Waals surface area contributed by atoms with Gasteiger partial charge in [0.25, 0.3) is 0 Å². The number of nitrogens with zero attached hydrogens (tertiary/aromatic N) is 4. The highest BCUT2D eigenvalue weighted by atomic mass is 19.4. The smallest absolute Gasteiger partial charge is 0.377 e. The van der Waals surface area contributed by atoms with Crippen LogP contribution in [0.15, 0.2) is 10.9 Å². The second-order valence-corrected chi connectivity index (χ2v) is 5.12. The van der Waals surface area contributed by atoms with E-state index in [9.17, 15) is 18.0 Å². The standard InChI is InChI=1S/C12H17F3N4O3/c1-8(18(2)6-12(13,14)15)11(20)19-3-4-21-5-9(19)10-16-7-22-17-10/h7-9H,3-6H2,1-2H3. The lowest BCUT2D eigenvalue weighted by Gasteiger charge is -2.37. The van der Waals surface area contributed by atoms with Crippen molar-refractivity contribution >= 4 is 5.91 Å². The summed E-state index contributed by atoms with van der Waals surface area (Å²) < 4.78 is 47.3. The molecule has 1 aliphatic heterocycles. The molecular weight excluding hydrogens is 305 g/mol. The summed E-state index contributed by atoms with van der Waals surface area (Å²) in [7, 11) is 1.26. The van der Waals surface area contributed by atoms with Crippen LogP contribution in [0.25, 0.3) is 0 Å². The molecular formula is C12H17F3N4O3. The van der Waals surface area contributed by atoms with E-state index in [1.54, 1.807) is 0 Å². The monoisotopic (exact) mass is 322 g/mol. The SMILES string of the molecule is CC(C(=O)N1CCOCC1c1ncon1)N(C)CC(F)(F)F. The number of hydrogen-bond acceptors (Lipinski definition) is 6. The molecule has 1 amide bonds. The highest BCUT2D eigenvalue weighted by molar-refractivity contribution is 5.82. The van der Waals surface area contributed by atoms with Gasteiger partial charge in [0.1, 0.15) is 6.04 Å². The van der Waals surface area contributed by atoms with Crippen molar-refractivity contribution in [3.05, 3.63) is 12.2 Å². The van der Waals surface area contributed by atoms with Crippen LogP contribution in [0.1, 0.15) is 18.8 Å². The maximum absolute atomic E-state index is 12.5. The number of amides is 1. The van der Waals surface area contributed by atoms with Crippen LogP contribution in [0.4, 0.5) is 13.2 Å². The molecule has 1 fully saturated rings. The molecule has 1 aliphatic rings. The van der Waals surface area contributed by atoms with Crippen LogP contribution in [-0.4, -0.2) is 71.4 Å². The molecule has 1 saturated heterocycles. The lowest BCUT2D eigenvalue weighted by molar-refractivity contribution is -0.159. The van der Waals surface area contributed by atoms with Crippen LogP contribution in [0.3, 0.4) is 0 Å². The number of carbonyl (C=O) groups is 1. The minimum Gasteiger partial charge on any atom is -0.377 e. The van der Waals surface area contributed by atoms with Crippen molar-refractivity contribution in [1.82, 2.24) is 19.9 Å². The Bertz CT molecular complexity index is 494. The average molecular weight is 322 g/mol. The summed E-state index contributed by atoms with van der Waals surface area (Å²) in [5.41, 5.74) is 0. The summed E-state index contributed by atoms with van der Waals surface area (Å²) in [6, 6.07) is -1.48. The Morgan fingerprint density at radius 3 is 2.91 bits per heavy atom. The van der Waals surface area contributed by atoms with E-state index >= 15 is 0 Å². The van der Waals surface area contributed by atoms with Crippen LogP contribution < -0.4 is 0 Å². The van der Waals surface area contributed by atoms with Crippen molar-refractivity contribution < 1.29 is 27.2 Å². The van der Waals surface area contributed by atoms with Crippen LogP contribution in [0, 0.1) is 0 Å². The molecule has 0 N–H and O–H groups in total. The molecule has 10 heteroatoms. The molecule has 0 saturated carbocycles. The van der Waals surface area contributed by atoms with Gasteiger partial charge in [-0.25, -0.2) is 0 Å². The van der Waals surface area contributed by atoms with Crippen LogP contribution in [0.2, 0.25) is 0 Å². The Kier molecular flexibility index (Phi) is 5.01. The number of morpholine rings is 1. The van der Waals surface area contributed by atoms with Crippen molar-refractivity contribution in [2.75, 3.05) is 33.4 Å². The molecule has 1 aromatic rings. The van der Waals surface area contributed by atoms with Crippen molar-refractivity contribution in [3.63, 3.8) is 0 Å². The molecule has 2 atom stereocenters. The number of halogens is 3. The number of ether oxygens (including phenoxy) is 1. The third kappa shape index (κ3) is 3.95. The lowest BCUT2D eigenvalue weighted by atomic mass is 10.1. The predicted octanol–water partition coefficient (Wildman–Crippen LogP) is 0.852. The van der Waals surface area contributed by atoms with E-state index in [1.165, 1.54) is 18.9 Å². The fraction of sp³-hybridized carbons (Fsp3) is 0.750. The van der Waals surface area contributed by atoms with Gasteiger partial charge in [0, 0.05) is 6.54 Å². The van der Waals surface area contributed by atoms with Gasteiger partial charge in [-0.2, -0.15) is 18.2 Å². The maximum atomic E-state index is 12.5. The van der Waals surface area contributed by atoms with Crippen LogP contribution in [-0.2, 0) is 9.53 Å². The summed E-state index contributed by atoms with van der Waals surface area (Å²) in [5.74, 6) is -0.149. The Balaban J connectivity index is 2.08. The molecule has 2 rings (SSSR count). The topological polar surface area (TPSA) is 71.7 Å². The van der Waals surface area contributed by atoms with E-state index in [2.05, 4.69) is 14.7 Å². The molecule has 0 bridgehead atoms. The van der Waals surface area contributed by atoms with Crippen LogP contribution >= 0.6 is 0 Å². The highest BCUT2D eigenvalue weighted by Gasteiger charge is 2.37. The highest BCUT2D eigenvalue weighted by Crippen LogP contribution is 2.24. The Morgan fingerprint density at radius 2 is 2.32 bits per heavy atom. The first-order valence-electron chi connectivity index (χ1n) is 6.71. The quantitative estimate of drug-likeness (QED) is 0.818. The van der Waals surface area contributed by atoms with Gasteiger partial charge in [0.2, 0.25) is 12.3 Å². The van der Waals surface area contributed by atoms with E-state index in [0.717, 1.165) is 11.3 Å². The second kappa shape index (κ2) is 6.61. The largest absolute Gasteiger partial charge is 0.401 e. The number of likely N-dealkylation sites (N-methyl/N-ethyl adjacent to an activating group) is 1. The van der Waals surface area contributed by atoms with Gasteiger partial charge in [-0.05, 0) is 14.0 Å². The van der Waals surface area contributed by atoms with E-state index in [-0.39, 0.29) is 19.0 Å². The fourth-order valence-electron chi connectivity index (χ4n) is 2.26. The van der Waals surface area contributed by atoms with E-state index in [0.29, 0.717) is 6.61 Å². The van der Waals surface area contributed by atoms with Crippen LogP contribution in [0.5, 0.6) is 0 Å². The number of rotatable bonds is 4. The molecule has 0 aromatic carbocycles. The Labute approximate surface area is 125 Å². The molecule has 124 valence electrons. The molecule has 0 radical (unpaired) electrons. The summed E-state index contributed by atoms with van der Waals surface area (Å²) in [6.45, 7) is 1.05. The molecule has 22 heavy (non-hydrogen) atoms. The molecule has 7 nitrogen and oxygen atoms in total. The summed E-state index contributed by atoms with van der Waals surface area (Å²) in [5, 5.41) is 3.68. The molecule has 2 heterocycles. The Hall–Kier alpha value is -1.68. The number of hydrogen-bond donors (Lipinski definition) is 0. The minimum atomic E-state index is -4.36. The zero-order valence-corrected chi connectivity index (χ0v) is 12.2. The first kappa shape index (κ1) is 16.7. The van der Waals surface area contributed by atoms with Gasteiger partial charge < -0.3 is 14.2 Å². The van der Waals surface area contributed by atoms with Gasteiger partial charge in [-0.15, -0.1) is 0 Å². The fourth-order valence-corrected chi connectivity index (χ4v) is 2.26. The normalized spacial score (nSPS) is 21.2. The van der Waals surface area contributed by atoms with Gasteiger partial charge >= 0.3 is 6.18 Å². The van der Waals surface area contributed by atoms with Crippen molar-refractivity contribution in [2.24, 2.45) is 0 Å². The van der Waals surface area contributed by atoms with E-state index in [1.807, 2.05) is 0 Å². The minimum absolute atomic E-state index is 0.182. The number of carbonyl (C=O) groups excluding carboxylic acids is 1.